The zero-order chi connectivity index (χ0) is 17.2. The van der Waals surface area contributed by atoms with Crippen LogP contribution in [0.4, 0.5) is 5.69 Å². The largest absolute Gasteiger partial charge is 0.506 e. The maximum atomic E-state index is 12.3. The summed E-state index contributed by atoms with van der Waals surface area (Å²) < 4.78 is 23.8. The van der Waals surface area contributed by atoms with Gasteiger partial charge in [-0.3, -0.25) is 4.79 Å². The molecule has 7 heteroatoms. The minimum Gasteiger partial charge on any atom is -0.506 e. The van der Waals surface area contributed by atoms with Crippen LogP contribution in [0.25, 0.3) is 0 Å². The number of thiophene rings is 1. The summed E-state index contributed by atoms with van der Waals surface area (Å²) in [7, 11) is -3.40. The Morgan fingerprint density at radius 2 is 1.96 bits per heavy atom. The minimum atomic E-state index is -3.40. The molecule has 5 nitrogen and oxygen atoms in total. The fourth-order valence-corrected chi connectivity index (χ4v) is 4.06. The molecule has 0 aliphatic rings. The molecule has 0 saturated heterocycles. The highest BCUT2D eigenvalue weighted by Crippen LogP contribution is 2.29. The molecular formula is C16H19NO4S2. The van der Waals surface area contributed by atoms with E-state index in [9.17, 15) is 18.3 Å². The van der Waals surface area contributed by atoms with Gasteiger partial charge in [-0.25, -0.2) is 8.42 Å². The van der Waals surface area contributed by atoms with Gasteiger partial charge in [-0.15, -0.1) is 11.3 Å². The normalized spacial score (nSPS) is 11.4. The van der Waals surface area contributed by atoms with Crippen LogP contribution < -0.4 is 5.32 Å². The second-order valence-electron chi connectivity index (χ2n) is 5.08. The Morgan fingerprint density at radius 3 is 2.52 bits per heavy atom. The number of hydrogen-bond donors (Lipinski definition) is 2. The van der Waals surface area contributed by atoms with E-state index < -0.39 is 9.84 Å². The number of phenolic OH excluding ortho intramolecular Hbond substituents is 1. The maximum Gasteiger partial charge on any atom is 0.265 e. The average Bonchev–Trinajstić information content (AvgIpc) is 2.90. The summed E-state index contributed by atoms with van der Waals surface area (Å²) in [5, 5.41) is 12.5. The number of hydrogen-bond acceptors (Lipinski definition) is 5. The van der Waals surface area contributed by atoms with Crippen molar-refractivity contribution in [1.29, 1.82) is 0 Å². The van der Waals surface area contributed by atoms with Crippen LogP contribution in [0.3, 0.4) is 0 Å². The number of carbonyl (C=O) groups is 1. The van der Waals surface area contributed by atoms with Gasteiger partial charge in [-0.05, 0) is 43.2 Å². The Hall–Kier alpha value is -1.86. The van der Waals surface area contributed by atoms with Crippen molar-refractivity contribution in [2.45, 2.75) is 32.1 Å². The number of aromatic hydroxyl groups is 1. The van der Waals surface area contributed by atoms with E-state index in [1.54, 1.807) is 6.92 Å². The third kappa shape index (κ3) is 3.73. The van der Waals surface area contributed by atoms with Gasteiger partial charge in [0, 0.05) is 4.88 Å². The van der Waals surface area contributed by atoms with Gasteiger partial charge in [0.05, 0.1) is 21.2 Å². The number of carbonyl (C=O) groups excluding carboxylic acids is 1. The lowest BCUT2D eigenvalue weighted by molar-refractivity contribution is 0.103. The molecule has 0 radical (unpaired) electrons. The SMILES string of the molecule is CCc1cc(C(=O)Nc2cc(S(=O)(=O)CC)ccc2O)sc1C. The molecule has 1 amide bonds. The van der Waals surface area contributed by atoms with Crippen LogP contribution in [-0.4, -0.2) is 25.2 Å². The smallest absolute Gasteiger partial charge is 0.265 e. The molecule has 0 fully saturated rings. The van der Waals surface area contributed by atoms with E-state index in [4.69, 9.17) is 0 Å². The molecule has 0 aliphatic heterocycles. The van der Waals surface area contributed by atoms with Crippen molar-refractivity contribution < 1.29 is 18.3 Å². The summed E-state index contributed by atoms with van der Waals surface area (Å²) >= 11 is 1.37. The summed E-state index contributed by atoms with van der Waals surface area (Å²) in [5.41, 5.74) is 1.19. The quantitative estimate of drug-likeness (QED) is 0.807. The molecule has 1 aromatic heterocycles. The highest BCUT2D eigenvalue weighted by atomic mass is 32.2. The Morgan fingerprint density at radius 1 is 1.26 bits per heavy atom. The molecule has 0 spiro atoms. The molecule has 0 saturated carbocycles. The van der Waals surface area contributed by atoms with Crippen molar-refractivity contribution in [3.05, 3.63) is 39.6 Å². The fourth-order valence-electron chi connectivity index (χ4n) is 2.14. The van der Waals surface area contributed by atoms with Gasteiger partial charge in [0.15, 0.2) is 9.84 Å². The zero-order valence-corrected chi connectivity index (χ0v) is 14.8. The Kier molecular flexibility index (Phi) is 5.11. The van der Waals surface area contributed by atoms with E-state index in [2.05, 4.69) is 5.32 Å². The highest BCUT2D eigenvalue weighted by Gasteiger charge is 2.17. The van der Waals surface area contributed by atoms with E-state index in [-0.39, 0.29) is 28.0 Å². The minimum absolute atomic E-state index is 0.0465. The van der Waals surface area contributed by atoms with Gasteiger partial charge in [-0.2, -0.15) is 0 Å². The third-order valence-electron chi connectivity index (χ3n) is 3.58. The number of rotatable bonds is 5. The summed E-state index contributed by atoms with van der Waals surface area (Å²) in [6.07, 6.45) is 0.838. The van der Waals surface area contributed by atoms with E-state index in [1.165, 1.54) is 29.5 Å². The van der Waals surface area contributed by atoms with E-state index in [0.29, 0.717) is 4.88 Å². The number of amides is 1. The number of anilines is 1. The Balaban J connectivity index is 2.32. The molecule has 2 aromatic rings. The number of phenols is 1. The molecule has 2 N–H and O–H groups in total. The van der Waals surface area contributed by atoms with Crippen LogP contribution in [0.15, 0.2) is 29.2 Å². The van der Waals surface area contributed by atoms with Gasteiger partial charge >= 0.3 is 0 Å². The van der Waals surface area contributed by atoms with Crippen molar-refractivity contribution in [2.24, 2.45) is 0 Å². The van der Waals surface area contributed by atoms with Gasteiger partial charge < -0.3 is 10.4 Å². The standard InChI is InChI=1S/C16H19NO4S2/c1-4-11-8-15(22-10(11)3)16(19)17-13-9-12(6-7-14(13)18)23(20,21)5-2/h6-9,18H,4-5H2,1-3H3,(H,17,19). The van der Waals surface area contributed by atoms with E-state index in [1.807, 2.05) is 19.9 Å². The Bertz CT molecular complexity index is 838. The van der Waals surface area contributed by atoms with E-state index >= 15 is 0 Å². The molecule has 124 valence electrons. The van der Waals surface area contributed by atoms with Gasteiger partial charge in [0.2, 0.25) is 0 Å². The number of nitrogens with one attached hydrogen (secondary N) is 1. The first kappa shape index (κ1) is 17.5. The third-order valence-corrected chi connectivity index (χ3v) is 6.40. The lowest BCUT2D eigenvalue weighted by Gasteiger charge is -2.09. The molecule has 2 rings (SSSR count). The fraction of sp³-hybridized carbons (Fsp3) is 0.312. The van der Waals surface area contributed by atoms with Gasteiger partial charge in [0.1, 0.15) is 5.75 Å². The molecule has 1 aromatic carbocycles. The summed E-state index contributed by atoms with van der Waals surface area (Å²) in [6, 6.07) is 5.70. The van der Waals surface area contributed by atoms with Crippen LogP contribution in [0.2, 0.25) is 0 Å². The van der Waals surface area contributed by atoms with Crippen molar-refractivity contribution in [1.82, 2.24) is 0 Å². The summed E-state index contributed by atoms with van der Waals surface area (Å²) in [4.78, 5) is 14.0. The second kappa shape index (κ2) is 6.72. The van der Waals surface area contributed by atoms with Gasteiger partial charge in [-0.1, -0.05) is 13.8 Å². The Labute approximate surface area is 139 Å². The molecule has 1 heterocycles. The van der Waals surface area contributed by atoms with E-state index in [0.717, 1.165) is 16.9 Å². The predicted molar refractivity (Wildman–Crippen MR) is 92.2 cm³/mol. The number of sulfone groups is 1. The van der Waals surface area contributed by atoms with Crippen molar-refractivity contribution >= 4 is 32.8 Å². The van der Waals surface area contributed by atoms with Crippen LogP contribution >= 0.6 is 11.3 Å². The van der Waals surface area contributed by atoms with Crippen molar-refractivity contribution in [3.8, 4) is 5.75 Å². The van der Waals surface area contributed by atoms with Crippen LogP contribution in [0, 0.1) is 6.92 Å². The first-order chi connectivity index (χ1) is 10.8. The molecule has 0 atom stereocenters. The second-order valence-corrected chi connectivity index (χ2v) is 8.62. The molecule has 23 heavy (non-hydrogen) atoms. The molecule has 0 unspecified atom stereocenters. The molecular weight excluding hydrogens is 334 g/mol. The predicted octanol–water partition coefficient (Wildman–Crippen LogP) is 3.37. The highest BCUT2D eigenvalue weighted by molar-refractivity contribution is 7.91. The lowest BCUT2D eigenvalue weighted by atomic mass is 10.2. The van der Waals surface area contributed by atoms with Crippen LogP contribution in [0.5, 0.6) is 5.75 Å². The number of aryl methyl sites for hydroxylation is 2. The number of benzene rings is 1. The first-order valence-electron chi connectivity index (χ1n) is 7.25. The first-order valence-corrected chi connectivity index (χ1v) is 9.71. The zero-order valence-electron chi connectivity index (χ0n) is 13.2. The average molecular weight is 353 g/mol. The maximum absolute atomic E-state index is 12.3. The van der Waals surface area contributed by atoms with Gasteiger partial charge in [0.25, 0.3) is 5.91 Å². The lowest BCUT2D eigenvalue weighted by Crippen LogP contribution is -2.11. The monoisotopic (exact) mass is 353 g/mol. The summed E-state index contributed by atoms with van der Waals surface area (Å²) in [5.74, 6) is -0.577. The molecule has 0 bridgehead atoms. The van der Waals surface area contributed by atoms with Crippen LogP contribution in [0.1, 0.15) is 34.0 Å². The summed E-state index contributed by atoms with van der Waals surface area (Å²) in [6.45, 7) is 5.51. The topological polar surface area (TPSA) is 83.5 Å². The molecule has 0 aliphatic carbocycles. The van der Waals surface area contributed by atoms with Crippen LogP contribution in [-0.2, 0) is 16.3 Å². The van der Waals surface area contributed by atoms with Crippen molar-refractivity contribution in [2.75, 3.05) is 11.1 Å². The van der Waals surface area contributed by atoms with Crippen molar-refractivity contribution in [3.63, 3.8) is 0 Å².